The highest BCUT2D eigenvalue weighted by molar-refractivity contribution is 6.30. The lowest BCUT2D eigenvalue weighted by Crippen LogP contribution is -2.13. The molecule has 6 heteroatoms. The van der Waals surface area contributed by atoms with Crippen molar-refractivity contribution in [2.45, 2.75) is 13.5 Å². The second-order valence-corrected chi connectivity index (χ2v) is 5.76. The van der Waals surface area contributed by atoms with Gasteiger partial charge in [0, 0.05) is 21.8 Å². The lowest BCUT2D eigenvalue weighted by Gasteiger charge is -2.10. The van der Waals surface area contributed by atoms with Gasteiger partial charge in [0.25, 0.3) is 0 Å². The molecule has 122 valence electrons. The van der Waals surface area contributed by atoms with E-state index in [1.165, 1.54) is 0 Å². The van der Waals surface area contributed by atoms with Gasteiger partial charge in [-0.2, -0.15) is 0 Å². The molecular formula is C18H16ClN3O2. The molecular weight excluding hydrogens is 326 g/mol. The number of nitrogens with one attached hydrogen (secondary N) is 1. The normalized spacial score (nSPS) is 10.6. The van der Waals surface area contributed by atoms with Crippen LogP contribution in [0.5, 0.6) is 0 Å². The molecule has 0 aliphatic carbocycles. The number of nitrogens with zero attached hydrogens (tertiary/aromatic N) is 1. The van der Waals surface area contributed by atoms with Crippen LogP contribution in [0.15, 0.2) is 53.1 Å². The molecule has 3 aromatic rings. The van der Waals surface area contributed by atoms with Crippen molar-refractivity contribution >= 4 is 23.2 Å². The van der Waals surface area contributed by atoms with Crippen molar-refractivity contribution in [2.75, 3.05) is 5.32 Å². The van der Waals surface area contributed by atoms with Gasteiger partial charge in [-0.25, -0.2) is 4.98 Å². The maximum atomic E-state index is 11.4. The molecule has 0 saturated carbocycles. The first-order valence-corrected chi connectivity index (χ1v) is 7.76. The quantitative estimate of drug-likeness (QED) is 0.734. The number of aromatic nitrogens is 1. The van der Waals surface area contributed by atoms with E-state index < -0.39 is 5.91 Å². The summed E-state index contributed by atoms with van der Waals surface area (Å²) >= 11 is 5.99. The summed E-state index contributed by atoms with van der Waals surface area (Å²) in [7, 11) is 0. The smallest absolute Gasteiger partial charge is 0.249 e. The van der Waals surface area contributed by atoms with Crippen LogP contribution < -0.4 is 11.1 Å². The fraction of sp³-hybridized carbons (Fsp3) is 0.111. The van der Waals surface area contributed by atoms with Gasteiger partial charge in [0.05, 0.1) is 12.7 Å². The number of halogens is 1. The predicted molar refractivity (Wildman–Crippen MR) is 94.0 cm³/mol. The Hall–Kier alpha value is -2.79. The first-order valence-electron chi connectivity index (χ1n) is 7.38. The minimum Gasteiger partial charge on any atom is -0.439 e. The Labute approximate surface area is 144 Å². The molecule has 1 heterocycles. The van der Waals surface area contributed by atoms with Crippen molar-refractivity contribution in [3.63, 3.8) is 0 Å². The fourth-order valence-electron chi connectivity index (χ4n) is 2.43. The lowest BCUT2D eigenvalue weighted by molar-refractivity contribution is 0.1000. The zero-order chi connectivity index (χ0) is 17.1. The number of rotatable bonds is 5. The molecule has 2 aromatic carbocycles. The van der Waals surface area contributed by atoms with E-state index in [9.17, 15) is 4.79 Å². The van der Waals surface area contributed by atoms with Crippen LogP contribution in [0.3, 0.4) is 0 Å². The highest BCUT2D eigenvalue weighted by atomic mass is 35.5. The second kappa shape index (κ2) is 6.76. The van der Waals surface area contributed by atoms with Crippen molar-refractivity contribution in [1.82, 2.24) is 4.98 Å². The number of carbonyl (C=O) groups excluding carboxylic acids is 1. The summed E-state index contributed by atoms with van der Waals surface area (Å²) in [6.45, 7) is 2.24. The number of carbonyl (C=O) groups is 1. The van der Waals surface area contributed by atoms with Crippen LogP contribution in [0.2, 0.25) is 5.02 Å². The zero-order valence-electron chi connectivity index (χ0n) is 13.0. The fourth-order valence-corrected chi connectivity index (χ4v) is 2.62. The van der Waals surface area contributed by atoms with Gasteiger partial charge in [-0.15, -0.1) is 0 Å². The monoisotopic (exact) mass is 341 g/mol. The minimum absolute atomic E-state index is 0.392. The van der Waals surface area contributed by atoms with Gasteiger partial charge in [-0.1, -0.05) is 29.8 Å². The zero-order valence-corrected chi connectivity index (χ0v) is 13.8. The molecule has 0 fully saturated rings. The molecule has 5 nitrogen and oxygen atoms in total. The van der Waals surface area contributed by atoms with E-state index in [1.807, 2.05) is 31.2 Å². The summed E-state index contributed by atoms with van der Waals surface area (Å²) in [5, 5.41) is 3.85. The molecule has 0 atom stereocenters. The predicted octanol–water partition coefficient (Wildman–Crippen LogP) is 4.01. The van der Waals surface area contributed by atoms with E-state index in [0.29, 0.717) is 28.8 Å². The Morgan fingerprint density at radius 1 is 1.29 bits per heavy atom. The molecule has 3 rings (SSSR count). The van der Waals surface area contributed by atoms with Gasteiger partial charge in [0.2, 0.25) is 11.8 Å². The van der Waals surface area contributed by atoms with Gasteiger partial charge >= 0.3 is 0 Å². The summed E-state index contributed by atoms with van der Waals surface area (Å²) in [6.07, 6.45) is 1.66. The summed E-state index contributed by atoms with van der Waals surface area (Å²) < 4.78 is 5.74. The number of amides is 1. The van der Waals surface area contributed by atoms with Crippen molar-refractivity contribution in [1.29, 1.82) is 0 Å². The largest absolute Gasteiger partial charge is 0.439 e. The van der Waals surface area contributed by atoms with E-state index >= 15 is 0 Å². The molecule has 0 unspecified atom stereocenters. The average molecular weight is 342 g/mol. The van der Waals surface area contributed by atoms with E-state index in [2.05, 4.69) is 10.3 Å². The van der Waals surface area contributed by atoms with Crippen LogP contribution in [0.4, 0.5) is 5.69 Å². The third-order valence-corrected chi connectivity index (χ3v) is 3.93. The number of nitrogens with two attached hydrogens (primary N) is 1. The average Bonchev–Trinajstić information content (AvgIpc) is 3.02. The molecule has 0 aliphatic rings. The van der Waals surface area contributed by atoms with E-state index in [-0.39, 0.29) is 0 Å². The Kier molecular flexibility index (Phi) is 4.53. The van der Waals surface area contributed by atoms with Gasteiger partial charge in [-0.05, 0) is 36.8 Å². The van der Waals surface area contributed by atoms with Crippen LogP contribution in [0, 0.1) is 6.92 Å². The summed E-state index contributed by atoms with van der Waals surface area (Å²) in [5.74, 6) is 0.737. The highest BCUT2D eigenvalue weighted by Crippen LogP contribution is 2.24. The van der Waals surface area contributed by atoms with Crippen LogP contribution in [0.25, 0.3) is 11.3 Å². The Morgan fingerprint density at radius 2 is 2.08 bits per heavy atom. The molecule has 24 heavy (non-hydrogen) atoms. The Morgan fingerprint density at radius 3 is 2.83 bits per heavy atom. The Bertz CT molecular complexity index is 889. The molecule has 3 N–H and O–H groups in total. The molecule has 1 amide bonds. The number of benzene rings is 2. The van der Waals surface area contributed by atoms with Crippen LogP contribution in [0.1, 0.15) is 21.8 Å². The summed E-state index contributed by atoms with van der Waals surface area (Å²) in [4.78, 5) is 15.6. The van der Waals surface area contributed by atoms with Crippen LogP contribution in [-0.2, 0) is 6.54 Å². The number of anilines is 1. The number of hydrogen-bond donors (Lipinski definition) is 2. The first-order chi connectivity index (χ1) is 11.5. The first kappa shape index (κ1) is 16.1. The lowest BCUT2D eigenvalue weighted by atomic mass is 10.1. The van der Waals surface area contributed by atoms with E-state index in [0.717, 1.165) is 16.8 Å². The number of hydrogen-bond acceptors (Lipinski definition) is 4. The summed E-state index contributed by atoms with van der Waals surface area (Å²) in [5.41, 5.74) is 8.34. The topological polar surface area (TPSA) is 81.2 Å². The SMILES string of the molecule is Cc1c(NCc2ncc(-c3cccc(Cl)c3)o2)cccc1C(N)=O. The molecule has 0 saturated heterocycles. The molecule has 0 spiro atoms. The van der Waals surface area contributed by atoms with E-state index in [1.54, 1.807) is 24.4 Å². The molecule has 1 aromatic heterocycles. The second-order valence-electron chi connectivity index (χ2n) is 5.32. The third kappa shape index (κ3) is 3.41. The van der Waals surface area contributed by atoms with Crippen molar-refractivity contribution in [2.24, 2.45) is 5.73 Å². The van der Waals surface area contributed by atoms with Crippen LogP contribution in [-0.4, -0.2) is 10.9 Å². The number of primary amides is 1. The van der Waals surface area contributed by atoms with Crippen molar-refractivity contribution in [3.8, 4) is 11.3 Å². The van der Waals surface area contributed by atoms with E-state index in [4.69, 9.17) is 21.8 Å². The van der Waals surface area contributed by atoms with Gasteiger partial charge in [0.1, 0.15) is 0 Å². The van der Waals surface area contributed by atoms with Gasteiger partial charge in [0.15, 0.2) is 5.76 Å². The van der Waals surface area contributed by atoms with Crippen LogP contribution >= 0.6 is 11.6 Å². The van der Waals surface area contributed by atoms with Gasteiger partial charge < -0.3 is 15.5 Å². The van der Waals surface area contributed by atoms with Crippen molar-refractivity contribution < 1.29 is 9.21 Å². The van der Waals surface area contributed by atoms with Gasteiger partial charge in [-0.3, -0.25) is 4.79 Å². The molecule has 0 aliphatic heterocycles. The maximum Gasteiger partial charge on any atom is 0.249 e. The highest BCUT2D eigenvalue weighted by Gasteiger charge is 2.10. The van der Waals surface area contributed by atoms with Crippen molar-refractivity contribution in [3.05, 3.63) is 70.7 Å². The minimum atomic E-state index is -0.449. The summed E-state index contributed by atoms with van der Waals surface area (Å²) in [6, 6.07) is 12.7. The third-order valence-electron chi connectivity index (χ3n) is 3.69. The Balaban J connectivity index is 1.75. The maximum absolute atomic E-state index is 11.4. The standard InChI is InChI=1S/C18H16ClN3O2/c1-11-14(18(20)23)6-3-7-15(11)21-10-17-22-9-16(24-17)12-4-2-5-13(19)8-12/h2-9,21H,10H2,1H3,(H2,20,23). The molecule has 0 bridgehead atoms. The molecule has 0 radical (unpaired) electrons. The number of oxazole rings is 1.